The first-order chi connectivity index (χ1) is 12.4. The van der Waals surface area contributed by atoms with Crippen LogP contribution in [0.15, 0.2) is 42.5 Å². The molecule has 0 aliphatic carbocycles. The fraction of sp³-hybridized carbons (Fsp3) is 0.368. The number of hydrogen-bond donors (Lipinski definition) is 1. The minimum Gasteiger partial charge on any atom is -0.489 e. The van der Waals surface area contributed by atoms with E-state index < -0.39 is 17.6 Å². The molecule has 1 atom stereocenters. The van der Waals surface area contributed by atoms with Crippen molar-refractivity contribution in [2.45, 2.75) is 31.8 Å². The molecule has 1 heterocycles. The maximum absolute atomic E-state index is 14.2. The molecule has 1 N–H and O–H groups in total. The van der Waals surface area contributed by atoms with Gasteiger partial charge in [0.2, 0.25) is 0 Å². The second-order valence-electron chi connectivity index (χ2n) is 6.18. The average molecular weight is 369 g/mol. The van der Waals surface area contributed by atoms with Crippen molar-refractivity contribution in [1.82, 2.24) is 5.32 Å². The van der Waals surface area contributed by atoms with Crippen LogP contribution in [0.25, 0.3) is 0 Å². The summed E-state index contributed by atoms with van der Waals surface area (Å²) in [5.74, 6) is -0.147. The van der Waals surface area contributed by atoms with Crippen molar-refractivity contribution in [1.29, 1.82) is 0 Å². The highest BCUT2D eigenvalue weighted by molar-refractivity contribution is 5.30. The predicted molar refractivity (Wildman–Crippen MR) is 88.2 cm³/mol. The fourth-order valence-electron chi connectivity index (χ4n) is 2.72. The van der Waals surface area contributed by atoms with Gasteiger partial charge < -0.3 is 14.8 Å². The lowest BCUT2D eigenvalue weighted by atomic mass is 10.1. The quantitative estimate of drug-likeness (QED) is 0.770. The van der Waals surface area contributed by atoms with E-state index in [4.69, 9.17) is 9.47 Å². The minimum absolute atomic E-state index is 0.0691. The Morgan fingerprint density at radius 3 is 2.69 bits per heavy atom. The Bertz CT molecular complexity index is 743. The second-order valence-corrected chi connectivity index (χ2v) is 6.18. The van der Waals surface area contributed by atoms with Gasteiger partial charge in [-0.05, 0) is 30.2 Å². The molecule has 2 aromatic carbocycles. The van der Waals surface area contributed by atoms with Crippen LogP contribution in [-0.2, 0) is 24.1 Å². The summed E-state index contributed by atoms with van der Waals surface area (Å²) in [5.41, 5.74) is 0.137. The molecular weight excluding hydrogens is 350 g/mol. The van der Waals surface area contributed by atoms with Gasteiger partial charge in [-0.3, -0.25) is 0 Å². The molecule has 1 aliphatic heterocycles. The lowest BCUT2D eigenvalue weighted by molar-refractivity contribution is -0.137. The highest BCUT2D eigenvalue weighted by atomic mass is 19.4. The summed E-state index contributed by atoms with van der Waals surface area (Å²) in [6.45, 7) is 1.65. The summed E-state index contributed by atoms with van der Waals surface area (Å²) in [7, 11) is 0. The van der Waals surface area contributed by atoms with Crippen LogP contribution < -0.4 is 10.1 Å². The van der Waals surface area contributed by atoms with Crippen molar-refractivity contribution in [2.75, 3.05) is 13.2 Å². The predicted octanol–water partition coefficient (Wildman–Crippen LogP) is 4.30. The Morgan fingerprint density at radius 2 is 2.00 bits per heavy atom. The number of benzene rings is 2. The summed E-state index contributed by atoms with van der Waals surface area (Å²) in [6.07, 6.45) is -3.50. The maximum Gasteiger partial charge on any atom is 0.416 e. The Kier molecular flexibility index (Phi) is 5.78. The van der Waals surface area contributed by atoms with E-state index in [9.17, 15) is 17.6 Å². The molecule has 0 bridgehead atoms. The zero-order valence-electron chi connectivity index (χ0n) is 14.0. The molecule has 3 nitrogen and oxygen atoms in total. The summed E-state index contributed by atoms with van der Waals surface area (Å²) >= 11 is 0. The van der Waals surface area contributed by atoms with Crippen molar-refractivity contribution in [3.05, 3.63) is 65.0 Å². The first kappa shape index (κ1) is 18.7. The van der Waals surface area contributed by atoms with E-state index in [1.54, 1.807) is 12.1 Å². The van der Waals surface area contributed by atoms with Gasteiger partial charge in [0.1, 0.15) is 18.2 Å². The molecule has 0 radical (unpaired) electrons. The first-order valence-electron chi connectivity index (χ1n) is 8.30. The van der Waals surface area contributed by atoms with Gasteiger partial charge in [0.25, 0.3) is 0 Å². The third kappa shape index (κ3) is 4.95. The molecular formula is C19H19F4NO2. The molecule has 0 spiro atoms. The molecule has 1 saturated heterocycles. The number of halogens is 4. The van der Waals surface area contributed by atoms with Gasteiger partial charge in [0.05, 0.1) is 12.2 Å². The smallest absolute Gasteiger partial charge is 0.416 e. The third-order valence-corrected chi connectivity index (χ3v) is 4.20. The molecule has 3 rings (SSSR count). The van der Waals surface area contributed by atoms with Crippen LogP contribution in [0.4, 0.5) is 17.6 Å². The highest BCUT2D eigenvalue weighted by Crippen LogP contribution is 2.29. The first-order valence-corrected chi connectivity index (χ1v) is 8.30. The lowest BCUT2D eigenvalue weighted by Crippen LogP contribution is -2.28. The van der Waals surface area contributed by atoms with E-state index in [1.807, 2.05) is 0 Å². The molecule has 0 aromatic heterocycles. The van der Waals surface area contributed by atoms with Crippen LogP contribution in [0.2, 0.25) is 0 Å². The molecule has 26 heavy (non-hydrogen) atoms. The van der Waals surface area contributed by atoms with Gasteiger partial charge >= 0.3 is 6.18 Å². The number of nitrogens with one attached hydrogen (secondary N) is 1. The molecule has 2 aromatic rings. The topological polar surface area (TPSA) is 30.5 Å². The van der Waals surface area contributed by atoms with E-state index in [2.05, 4.69) is 5.32 Å². The highest BCUT2D eigenvalue weighted by Gasteiger charge is 2.30. The zero-order chi connectivity index (χ0) is 18.6. The van der Waals surface area contributed by atoms with Crippen LogP contribution in [0, 0.1) is 5.82 Å². The Morgan fingerprint density at radius 1 is 1.15 bits per heavy atom. The number of ether oxygens (including phenoxy) is 2. The van der Waals surface area contributed by atoms with Crippen LogP contribution in [0.3, 0.4) is 0 Å². The largest absolute Gasteiger partial charge is 0.489 e. The lowest BCUT2D eigenvalue weighted by Gasteiger charge is -2.13. The van der Waals surface area contributed by atoms with Crippen LogP contribution >= 0.6 is 0 Å². The summed E-state index contributed by atoms with van der Waals surface area (Å²) < 4.78 is 63.0. The van der Waals surface area contributed by atoms with Gasteiger partial charge in [-0.1, -0.05) is 18.2 Å². The average Bonchev–Trinajstić information content (AvgIpc) is 3.12. The van der Waals surface area contributed by atoms with Gasteiger partial charge in [0, 0.05) is 30.8 Å². The van der Waals surface area contributed by atoms with Crippen LogP contribution in [0.1, 0.15) is 23.1 Å². The molecule has 1 unspecified atom stereocenters. The third-order valence-electron chi connectivity index (χ3n) is 4.20. The number of alkyl halides is 3. The van der Waals surface area contributed by atoms with Crippen LogP contribution in [-0.4, -0.2) is 19.3 Å². The minimum atomic E-state index is -4.40. The molecule has 0 saturated carbocycles. The van der Waals surface area contributed by atoms with Crippen molar-refractivity contribution in [3.63, 3.8) is 0 Å². The summed E-state index contributed by atoms with van der Waals surface area (Å²) in [4.78, 5) is 0. The van der Waals surface area contributed by atoms with E-state index in [-0.39, 0.29) is 18.4 Å². The summed E-state index contributed by atoms with van der Waals surface area (Å²) in [5, 5.41) is 3.22. The standard InChI is InChI=1S/C19H19F4NO2/c20-18-9-17(5-4-14(18)10-24-16-6-7-25-12-16)26-11-13-2-1-3-15(8-13)19(21,22)23/h1-5,8-9,16,24H,6-7,10-12H2. The zero-order valence-corrected chi connectivity index (χ0v) is 14.0. The Hall–Kier alpha value is -2.12. The van der Waals surface area contributed by atoms with E-state index in [1.165, 1.54) is 18.2 Å². The van der Waals surface area contributed by atoms with E-state index in [0.29, 0.717) is 30.9 Å². The van der Waals surface area contributed by atoms with Crippen LogP contribution in [0.5, 0.6) is 5.75 Å². The van der Waals surface area contributed by atoms with Crippen molar-refractivity contribution in [3.8, 4) is 5.75 Å². The number of rotatable bonds is 6. The van der Waals surface area contributed by atoms with Crippen molar-refractivity contribution in [2.24, 2.45) is 0 Å². The maximum atomic E-state index is 14.2. The monoisotopic (exact) mass is 369 g/mol. The van der Waals surface area contributed by atoms with Gasteiger partial charge in [-0.15, -0.1) is 0 Å². The second kappa shape index (κ2) is 8.05. The normalized spacial score (nSPS) is 17.5. The number of hydrogen-bond acceptors (Lipinski definition) is 3. The Balaban J connectivity index is 1.57. The van der Waals surface area contributed by atoms with Crippen molar-refractivity contribution < 1.29 is 27.0 Å². The van der Waals surface area contributed by atoms with Crippen molar-refractivity contribution >= 4 is 0 Å². The molecule has 1 aliphatic rings. The SMILES string of the molecule is Fc1cc(OCc2cccc(C(F)(F)F)c2)ccc1CNC1CCOC1. The summed E-state index contributed by atoms with van der Waals surface area (Å²) in [6, 6.07) is 9.58. The molecule has 0 amide bonds. The van der Waals surface area contributed by atoms with Gasteiger partial charge in [-0.2, -0.15) is 13.2 Å². The van der Waals surface area contributed by atoms with Gasteiger partial charge in [0.15, 0.2) is 0 Å². The molecule has 140 valence electrons. The van der Waals surface area contributed by atoms with E-state index in [0.717, 1.165) is 18.6 Å². The molecule has 1 fully saturated rings. The fourth-order valence-corrected chi connectivity index (χ4v) is 2.72. The molecule has 7 heteroatoms. The van der Waals surface area contributed by atoms with Gasteiger partial charge in [-0.25, -0.2) is 4.39 Å². The Labute approximate surface area is 148 Å². The van der Waals surface area contributed by atoms with E-state index >= 15 is 0 Å².